The van der Waals surface area contributed by atoms with Crippen LogP contribution in [0.25, 0.3) is 0 Å². The topological polar surface area (TPSA) is 96.1 Å². The van der Waals surface area contributed by atoms with Gasteiger partial charge in [-0.15, -0.1) is 0 Å². The highest BCUT2D eigenvalue weighted by atomic mass is 16.3. The summed E-state index contributed by atoms with van der Waals surface area (Å²) in [5.74, 6) is 6.30. The molecule has 6 heteroatoms. The Morgan fingerprint density at radius 3 is 3.00 bits per heavy atom. The lowest BCUT2D eigenvalue weighted by atomic mass is 10.3. The fourth-order valence-electron chi connectivity index (χ4n) is 0.976. The second-order valence-corrected chi connectivity index (χ2v) is 2.87. The number of nitrogen functional groups attached to an aromatic ring is 1. The maximum Gasteiger partial charge on any atom is 0.239 e. The van der Waals surface area contributed by atoms with Crippen LogP contribution in [0.5, 0.6) is 0 Å². The van der Waals surface area contributed by atoms with Crippen molar-refractivity contribution in [3.8, 4) is 0 Å². The lowest BCUT2D eigenvalue weighted by molar-refractivity contribution is 0.292. The first-order valence-corrected chi connectivity index (χ1v) is 4.43. The molecule has 0 radical (unpaired) electrons. The Morgan fingerprint density at radius 2 is 2.36 bits per heavy atom. The van der Waals surface area contributed by atoms with Crippen molar-refractivity contribution in [3.63, 3.8) is 0 Å². The number of aliphatic hydroxyl groups is 1. The van der Waals surface area contributed by atoms with Crippen LogP contribution in [0.4, 0.5) is 11.8 Å². The normalized spacial score (nSPS) is 9.93. The number of hydrogen-bond acceptors (Lipinski definition) is 6. The van der Waals surface area contributed by atoms with Crippen LogP contribution in [-0.4, -0.2) is 28.2 Å². The van der Waals surface area contributed by atoms with Crippen LogP contribution in [0.1, 0.15) is 12.0 Å². The fraction of sp³-hybridized carbons (Fsp3) is 0.500. The predicted molar refractivity (Wildman–Crippen MR) is 54.8 cm³/mol. The minimum Gasteiger partial charge on any atom is -0.396 e. The summed E-state index contributed by atoms with van der Waals surface area (Å²) in [5.41, 5.74) is 3.32. The highest BCUT2D eigenvalue weighted by Crippen LogP contribution is 2.11. The Hall–Kier alpha value is -1.40. The predicted octanol–water partition coefficient (Wildman–Crippen LogP) is -0.135. The van der Waals surface area contributed by atoms with Crippen molar-refractivity contribution in [1.82, 2.24) is 9.97 Å². The number of aromatic nitrogens is 2. The molecule has 1 rings (SSSR count). The Morgan fingerprint density at radius 1 is 1.57 bits per heavy atom. The maximum absolute atomic E-state index is 8.61. The lowest BCUT2D eigenvalue weighted by Gasteiger charge is -2.08. The highest BCUT2D eigenvalue weighted by Gasteiger charge is 2.01. The Kier molecular flexibility index (Phi) is 4.09. The van der Waals surface area contributed by atoms with Gasteiger partial charge < -0.3 is 10.4 Å². The first-order valence-electron chi connectivity index (χ1n) is 4.43. The molecule has 0 amide bonds. The fourth-order valence-corrected chi connectivity index (χ4v) is 0.976. The number of hydrogen-bond donors (Lipinski definition) is 4. The average molecular weight is 197 g/mol. The van der Waals surface area contributed by atoms with E-state index < -0.39 is 0 Å². The van der Waals surface area contributed by atoms with Crippen LogP contribution in [0.15, 0.2) is 6.20 Å². The Bertz CT molecular complexity index is 291. The molecule has 0 aliphatic rings. The largest absolute Gasteiger partial charge is 0.396 e. The molecule has 5 N–H and O–H groups in total. The molecule has 0 unspecified atom stereocenters. The molecule has 0 bridgehead atoms. The van der Waals surface area contributed by atoms with Crippen molar-refractivity contribution in [2.75, 3.05) is 23.9 Å². The van der Waals surface area contributed by atoms with E-state index in [1.807, 2.05) is 6.92 Å². The highest BCUT2D eigenvalue weighted by molar-refractivity contribution is 5.45. The van der Waals surface area contributed by atoms with Gasteiger partial charge in [-0.3, -0.25) is 5.43 Å². The van der Waals surface area contributed by atoms with Gasteiger partial charge >= 0.3 is 0 Å². The van der Waals surface area contributed by atoms with Crippen molar-refractivity contribution in [2.45, 2.75) is 13.3 Å². The standard InChI is InChI=1S/C8H15N5O/c1-6-5-11-8(13-9)12-7(6)10-3-2-4-14/h5,14H,2-4,9H2,1H3,(H2,10,11,12,13). The zero-order valence-electron chi connectivity index (χ0n) is 8.12. The number of anilines is 2. The van der Waals surface area contributed by atoms with E-state index >= 15 is 0 Å². The van der Waals surface area contributed by atoms with Gasteiger partial charge in [-0.1, -0.05) is 0 Å². The number of hydrazine groups is 1. The molecule has 1 aromatic rings. The smallest absolute Gasteiger partial charge is 0.239 e. The first-order chi connectivity index (χ1) is 6.77. The summed E-state index contributed by atoms with van der Waals surface area (Å²) in [6, 6.07) is 0. The molecule has 0 aliphatic heterocycles. The summed E-state index contributed by atoms with van der Waals surface area (Å²) in [6.07, 6.45) is 2.37. The van der Waals surface area contributed by atoms with Gasteiger partial charge in [0, 0.05) is 24.9 Å². The zero-order valence-corrected chi connectivity index (χ0v) is 8.12. The third kappa shape index (κ3) is 2.82. The van der Waals surface area contributed by atoms with Gasteiger partial charge in [0.05, 0.1) is 0 Å². The van der Waals surface area contributed by atoms with Crippen molar-refractivity contribution in [1.29, 1.82) is 0 Å². The van der Waals surface area contributed by atoms with E-state index in [4.69, 9.17) is 10.9 Å². The summed E-state index contributed by atoms with van der Waals surface area (Å²) >= 11 is 0. The summed E-state index contributed by atoms with van der Waals surface area (Å²) in [4.78, 5) is 8.07. The monoisotopic (exact) mass is 197 g/mol. The molecule has 0 spiro atoms. The molecule has 0 saturated heterocycles. The van der Waals surface area contributed by atoms with E-state index in [1.165, 1.54) is 0 Å². The molecule has 1 aromatic heterocycles. The van der Waals surface area contributed by atoms with Crippen molar-refractivity contribution in [3.05, 3.63) is 11.8 Å². The number of nitrogens with zero attached hydrogens (tertiary/aromatic N) is 2. The molecule has 1 heterocycles. The molecule has 0 aromatic carbocycles. The second kappa shape index (κ2) is 5.36. The average Bonchev–Trinajstić information content (AvgIpc) is 2.21. The number of nitrogens with two attached hydrogens (primary N) is 1. The van der Waals surface area contributed by atoms with Crippen LogP contribution >= 0.6 is 0 Å². The van der Waals surface area contributed by atoms with E-state index in [-0.39, 0.29) is 6.61 Å². The molecule has 14 heavy (non-hydrogen) atoms. The van der Waals surface area contributed by atoms with E-state index in [9.17, 15) is 0 Å². The third-order valence-electron chi connectivity index (χ3n) is 1.73. The number of nitrogens with one attached hydrogen (secondary N) is 2. The third-order valence-corrected chi connectivity index (χ3v) is 1.73. The molecule has 6 nitrogen and oxygen atoms in total. The maximum atomic E-state index is 8.61. The van der Waals surface area contributed by atoms with Gasteiger partial charge in [-0.05, 0) is 13.3 Å². The van der Waals surface area contributed by atoms with Gasteiger partial charge in [-0.2, -0.15) is 4.98 Å². The van der Waals surface area contributed by atoms with Gasteiger partial charge in [-0.25, -0.2) is 10.8 Å². The van der Waals surface area contributed by atoms with Gasteiger partial charge in [0.1, 0.15) is 5.82 Å². The minimum atomic E-state index is 0.166. The van der Waals surface area contributed by atoms with Crippen LogP contribution in [0.2, 0.25) is 0 Å². The van der Waals surface area contributed by atoms with E-state index in [2.05, 4.69) is 20.7 Å². The van der Waals surface area contributed by atoms with Gasteiger partial charge in [0.15, 0.2) is 0 Å². The molecule has 0 atom stereocenters. The SMILES string of the molecule is Cc1cnc(NN)nc1NCCCO. The summed E-state index contributed by atoms with van der Waals surface area (Å²) in [6.45, 7) is 2.75. The molecule has 78 valence electrons. The van der Waals surface area contributed by atoms with Crippen LogP contribution < -0.4 is 16.6 Å². The van der Waals surface area contributed by atoms with E-state index in [0.29, 0.717) is 18.9 Å². The quantitative estimate of drug-likeness (QED) is 0.298. The molecule has 0 fully saturated rings. The van der Waals surface area contributed by atoms with E-state index in [1.54, 1.807) is 6.20 Å². The summed E-state index contributed by atoms with van der Waals surface area (Å²) in [5, 5.41) is 11.7. The summed E-state index contributed by atoms with van der Waals surface area (Å²) in [7, 11) is 0. The Balaban J connectivity index is 2.64. The van der Waals surface area contributed by atoms with Crippen molar-refractivity contribution in [2.24, 2.45) is 5.84 Å². The number of aliphatic hydroxyl groups excluding tert-OH is 1. The number of rotatable bonds is 5. The van der Waals surface area contributed by atoms with E-state index in [0.717, 1.165) is 11.4 Å². The summed E-state index contributed by atoms with van der Waals surface area (Å²) < 4.78 is 0. The first kappa shape index (κ1) is 10.7. The minimum absolute atomic E-state index is 0.166. The van der Waals surface area contributed by atoms with Crippen LogP contribution in [0.3, 0.4) is 0 Å². The van der Waals surface area contributed by atoms with Crippen LogP contribution in [0, 0.1) is 6.92 Å². The zero-order chi connectivity index (χ0) is 10.4. The van der Waals surface area contributed by atoms with Gasteiger partial charge in [0.25, 0.3) is 0 Å². The molecule has 0 aliphatic carbocycles. The van der Waals surface area contributed by atoms with Gasteiger partial charge in [0.2, 0.25) is 5.95 Å². The van der Waals surface area contributed by atoms with Crippen molar-refractivity contribution >= 4 is 11.8 Å². The Labute approximate surface area is 82.5 Å². The molecule has 0 saturated carbocycles. The lowest BCUT2D eigenvalue weighted by Crippen LogP contribution is -2.13. The number of aryl methyl sites for hydroxylation is 1. The van der Waals surface area contributed by atoms with Crippen LogP contribution in [-0.2, 0) is 0 Å². The molecular weight excluding hydrogens is 182 g/mol. The van der Waals surface area contributed by atoms with Crippen molar-refractivity contribution < 1.29 is 5.11 Å². The molecular formula is C8H15N5O. The second-order valence-electron chi connectivity index (χ2n) is 2.87.